The number of hydrogen-bond donors (Lipinski definition) is 2. The Bertz CT molecular complexity index is 361. The van der Waals surface area contributed by atoms with Crippen molar-refractivity contribution in [3.63, 3.8) is 0 Å². The van der Waals surface area contributed by atoms with E-state index < -0.39 is 0 Å². The van der Waals surface area contributed by atoms with Crippen molar-refractivity contribution in [1.29, 1.82) is 0 Å². The summed E-state index contributed by atoms with van der Waals surface area (Å²) in [6.45, 7) is 1.64. The van der Waals surface area contributed by atoms with Gasteiger partial charge >= 0.3 is 0 Å². The van der Waals surface area contributed by atoms with Crippen LogP contribution >= 0.6 is 31.9 Å². The van der Waals surface area contributed by atoms with Crippen LogP contribution in [0.15, 0.2) is 21.1 Å². The van der Waals surface area contributed by atoms with Crippen molar-refractivity contribution in [2.45, 2.75) is 0 Å². The van der Waals surface area contributed by atoms with Gasteiger partial charge in [-0.3, -0.25) is 0 Å². The maximum absolute atomic E-state index is 8.55. The van der Waals surface area contributed by atoms with E-state index in [9.17, 15) is 0 Å². The van der Waals surface area contributed by atoms with Gasteiger partial charge in [0.2, 0.25) is 0 Å². The Morgan fingerprint density at radius 3 is 2.65 bits per heavy atom. The number of anilines is 1. The SMILES string of the molecule is COc1cc(NCCOCCO)c(Br)cc1Br. The van der Waals surface area contributed by atoms with Crippen LogP contribution in [-0.2, 0) is 4.74 Å². The number of halogens is 2. The van der Waals surface area contributed by atoms with Gasteiger partial charge in [0.15, 0.2) is 0 Å². The molecule has 6 heteroatoms. The van der Waals surface area contributed by atoms with Gasteiger partial charge in [-0.2, -0.15) is 0 Å². The second-order valence-electron chi connectivity index (χ2n) is 3.23. The number of aliphatic hydroxyl groups is 1. The fourth-order valence-electron chi connectivity index (χ4n) is 1.25. The average molecular weight is 369 g/mol. The first-order valence-electron chi connectivity index (χ1n) is 5.14. The summed E-state index contributed by atoms with van der Waals surface area (Å²) in [6, 6.07) is 3.83. The summed E-state index contributed by atoms with van der Waals surface area (Å²) in [5, 5.41) is 11.8. The van der Waals surface area contributed by atoms with E-state index in [0.717, 1.165) is 20.4 Å². The molecular formula is C11H15Br2NO3. The van der Waals surface area contributed by atoms with E-state index in [1.54, 1.807) is 7.11 Å². The molecule has 0 aliphatic rings. The summed E-state index contributed by atoms with van der Waals surface area (Å²) >= 11 is 6.87. The molecule has 17 heavy (non-hydrogen) atoms. The van der Waals surface area contributed by atoms with Crippen LogP contribution in [0.1, 0.15) is 0 Å². The van der Waals surface area contributed by atoms with E-state index in [-0.39, 0.29) is 6.61 Å². The number of ether oxygens (including phenoxy) is 2. The van der Waals surface area contributed by atoms with Crippen molar-refractivity contribution in [3.05, 3.63) is 21.1 Å². The normalized spacial score (nSPS) is 10.4. The topological polar surface area (TPSA) is 50.7 Å². The van der Waals surface area contributed by atoms with Gasteiger partial charge in [0.25, 0.3) is 0 Å². The van der Waals surface area contributed by atoms with Crippen LogP contribution in [0.2, 0.25) is 0 Å². The molecule has 0 aliphatic carbocycles. The highest BCUT2D eigenvalue weighted by Crippen LogP contribution is 2.34. The van der Waals surface area contributed by atoms with Crippen LogP contribution in [0, 0.1) is 0 Å². The minimum atomic E-state index is 0.0514. The molecule has 96 valence electrons. The molecule has 0 aliphatic heterocycles. The summed E-state index contributed by atoms with van der Waals surface area (Å²) in [4.78, 5) is 0. The fraction of sp³-hybridized carbons (Fsp3) is 0.455. The van der Waals surface area contributed by atoms with Gasteiger partial charge in [0.1, 0.15) is 5.75 Å². The predicted molar refractivity (Wildman–Crippen MR) is 74.8 cm³/mol. The monoisotopic (exact) mass is 367 g/mol. The smallest absolute Gasteiger partial charge is 0.135 e. The molecule has 0 amide bonds. The van der Waals surface area contributed by atoms with Crippen molar-refractivity contribution in [1.82, 2.24) is 0 Å². The highest BCUT2D eigenvalue weighted by molar-refractivity contribution is 9.11. The third kappa shape index (κ3) is 4.83. The second-order valence-corrected chi connectivity index (χ2v) is 4.94. The van der Waals surface area contributed by atoms with Crippen LogP contribution in [0.5, 0.6) is 5.75 Å². The van der Waals surface area contributed by atoms with Crippen LogP contribution in [0.4, 0.5) is 5.69 Å². The Labute approximate surface area is 118 Å². The molecule has 2 N–H and O–H groups in total. The maximum atomic E-state index is 8.55. The van der Waals surface area contributed by atoms with Crippen molar-refractivity contribution < 1.29 is 14.6 Å². The van der Waals surface area contributed by atoms with Gasteiger partial charge in [0, 0.05) is 17.1 Å². The standard InChI is InChI=1S/C11H15Br2NO3/c1-16-11-7-10(8(12)6-9(11)13)14-2-4-17-5-3-15/h6-7,14-15H,2-5H2,1H3. The molecule has 0 atom stereocenters. The lowest BCUT2D eigenvalue weighted by atomic mass is 10.3. The molecule has 0 aromatic heterocycles. The molecule has 0 unspecified atom stereocenters. The summed E-state index contributed by atoms with van der Waals surface area (Å²) in [7, 11) is 1.63. The lowest BCUT2D eigenvalue weighted by Crippen LogP contribution is -2.11. The summed E-state index contributed by atoms with van der Waals surface area (Å²) in [5.74, 6) is 0.770. The molecule has 1 aromatic carbocycles. The molecule has 0 heterocycles. The van der Waals surface area contributed by atoms with E-state index in [4.69, 9.17) is 14.6 Å². The number of rotatable bonds is 7. The number of methoxy groups -OCH3 is 1. The third-order valence-electron chi connectivity index (χ3n) is 2.04. The van der Waals surface area contributed by atoms with Gasteiger partial charge in [-0.15, -0.1) is 0 Å². The van der Waals surface area contributed by atoms with Crippen molar-refractivity contribution in [2.75, 3.05) is 38.8 Å². The van der Waals surface area contributed by atoms with Crippen molar-refractivity contribution in [2.24, 2.45) is 0 Å². The lowest BCUT2D eigenvalue weighted by Gasteiger charge is -2.11. The number of benzene rings is 1. The molecule has 0 saturated carbocycles. The maximum Gasteiger partial charge on any atom is 0.135 e. The first-order valence-corrected chi connectivity index (χ1v) is 6.73. The van der Waals surface area contributed by atoms with E-state index in [0.29, 0.717) is 19.8 Å². The zero-order chi connectivity index (χ0) is 12.7. The van der Waals surface area contributed by atoms with Crippen molar-refractivity contribution >= 4 is 37.5 Å². The molecule has 0 saturated heterocycles. The van der Waals surface area contributed by atoms with E-state index in [1.165, 1.54) is 0 Å². The number of nitrogens with one attached hydrogen (secondary N) is 1. The third-order valence-corrected chi connectivity index (χ3v) is 3.31. The lowest BCUT2D eigenvalue weighted by molar-refractivity contribution is 0.0992. The Balaban J connectivity index is 2.52. The molecule has 1 rings (SSSR count). The average Bonchev–Trinajstić information content (AvgIpc) is 2.31. The largest absolute Gasteiger partial charge is 0.495 e. The molecule has 4 nitrogen and oxygen atoms in total. The van der Waals surface area contributed by atoms with Crippen molar-refractivity contribution in [3.8, 4) is 5.75 Å². The van der Waals surface area contributed by atoms with Gasteiger partial charge in [0.05, 0.1) is 37.1 Å². The van der Waals surface area contributed by atoms with Crippen LogP contribution in [-0.4, -0.2) is 38.6 Å². The van der Waals surface area contributed by atoms with Gasteiger partial charge in [-0.25, -0.2) is 0 Å². The molecule has 0 fully saturated rings. The van der Waals surface area contributed by atoms with E-state index in [2.05, 4.69) is 37.2 Å². The minimum absolute atomic E-state index is 0.0514. The molecule has 0 radical (unpaired) electrons. The summed E-state index contributed by atoms with van der Waals surface area (Å²) in [6.07, 6.45) is 0. The van der Waals surface area contributed by atoms with Gasteiger partial charge in [-0.05, 0) is 37.9 Å². The van der Waals surface area contributed by atoms with Crippen LogP contribution < -0.4 is 10.1 Å². The quantitative estimate of drug-likeness (QED) is 0.726. The predicted octanol–water partition coefficient (Wildman–Crippen LogP) is 2.64. The van der Waals surface area contributed by atoms with Crippen LogP contribution in [0.3, 0.4) is 0 Å². The molecule has 1 aromatic rings. The van der Waals surface area contributed by atoms with Gasteiger partial charge < -0.3 is 19.9 Å². The first kappa shape index (κ1) is 14.8. The first-order chi connectivity index (χ1) is 8.19. The molecular weight excluding hydrogens is 354 g/mol. The highest BCUT2D eigenvalue weighted by Gasteiger charge is 2.06. The zero-order valence-electron chi connectivity index (χ0n) is 9.50. The van der Waals surface area contributed by atoms with Gasteiger partial charge in [-0.1, -0.05) is 0 Å². The summed E-state index contributed by atoms with van der Waals surface area (Å²) in [5.41, 5.74) is 0.942. The Morgan fingerprint density at radius 1 is 1.24 bits per heavy atom. The van der Waals surface area contributed by atoms with Crippen LogP contribution in [0.25, 0.3) is 0 Å². The number of aliphatic hydroxyl groups excluding tert-OH is 1. The Kier molecular flexibility index (Phi) is 6.87. The molecule has 0 spiro atoms. The Hall–Kier alpha value is -0.300. The molecule has 0 bridgehead atoms. The zero-order valence-corrected chi connectivity index (χ0v) is 12.7. The van der Waals surface area contributed by atoms with E-state index >= 15 is 0 Å². The number of hydrogen-bond acceptors (Lipinski definition) is 4. The minimum Gasteiger partial charge on any atom is -0.495 e. The van der Waals surface area contributed by atoms with E-state index in [1.807, 2.05) is 12.1 Å². The Morgan fingerprint density at radius 2 is 2.00 bits per heavy atom. The highest BCUT2D eigenvalue weighted by atomic mass is 79.9. The second kappa shape index (κ2) is 7.92. The fourth-order valence-corrected chi connectivity index (χ4v) is 2.54. The summed E-state index contributed by atoms with van der Waals surface area (Å²) < 4.78 is 12.2.